The number of nitrogens with two attached hydrogens (primary N) is 1. The molecule has 0 spiro atoms. The Morgan fingerprint density at radius 3 is 2.56 bits per heavy atom. The van der Waals surface area contributed by atoms with Crippen LogP contribution in [0.3, 0.4) is 0 Å². The highest BCUT2D eigenvalue weighted by molar-refractivity contribution is 5.91. The molecular weight excluding hydrogens is 206 g/mol. The zero-order valence-corrected chi connectivity index (χ0v) is 9.82. The number of nitrogens with one attached hydrogen (secondary N) is 1. The van der Waals surface area contributed by atoms with Crippen molar-refractivity contribution in [2.24, 2.45) is 5.73 Å². The molecule has 0 bridgehead atoms. The molecular formula is C10H17N5O. The van der Waals surface area contributed by atoms with Crippen molar-refractivity contribution in [3.8, 4) is 0 Å². The van der Waals surface area contributed by atoms with E-state index in [4.69, 9.17) is 5.73 Å². The minimum absolute atomic E-state index is 0.102. The van der Waals surface area contributed by atoms with Crippen molar-refractivity contribution in [1.29, 1.82) is 0 Å². The van der Waals surface area contributed by atoms with E-state index in [0.717, 1.165) is 5.82 Å². The third-order valence-corrected chi connectivity index (χ3v) is 2.58. The summed E-state index contributed by atoms with van der Waals surface area (Å²) in [6.45, 7) is 7.24. The van der Waals surface area contributed by atoms with Crippen LogP contribution in [0.2, 0.25) is 0 Å². The fourth-order valence-corrected chi connectivity index (χ4v) is 1.51. The van der Waals surface area contributed by atoms with E-state index in [0.29, 0.717) is 13.1 Å². The largest absolute Gasteiger partial charge is 0.333 e. The van der Waals surface area contributed by atoms with Gasteiger partial charge < -0.3 is 10.6 Å². The number of hydrogen-bond acceptors (Lipinski definition) is 4. The first kappa shape index (κ1) is 11.1. The maximum atomic E-state index is 11.8. The van der Waals surface area contributed by atoms with E-state index in [1.54, 1.807) is 4.90 Å². The monoisotopic (exact) mass is 223 g/mol. The average Bonchev–Trinajstić information content (AvgIpc) is 2.59. The van der Waals surface area contributed by atoms with Crippen LogP contribution in [0.1, 0.15) is 37.2 Å². The Balaban J connectivity index is 2.10. The first-order chi connectivity index (χ1) is 7.38. The fraction of sp³-hybridized carbons (Fsp3) is 0.700. The molecule has 1 saturated heterocycles. The van der Waals surface area contributed by atoms with Crippen molar-refractivity contribution in [1.82, 2.24) is 20.1 Å². The van der Waals surface area contributed by atoms with E-state index in [-0.39, 0.29) is 23.2 Å². The maximum absolute atomic E-state index is 11.8. The van der Waals surface area contributed by atoms with Gasteiger partial charge in [0.05, 0.1) is 0 Å². The van der Waals surface area contributed by atoms with Gasteiger partial charge in [0.15, 0.2) is 0 Å². The van der Waals surface area contributed by atoms with Crippen LogP contribution >= 0.6 is 0 Å². The maximum Gasteiger partial charge on any atom is 0.293 e. The van der Waals surface area contributed by atoms with E-state index >= 15 is 0 Å². The molecule has 1 amide bonds. The molecule has 1 aliphatic rings. The lowest BCUT2D eigenvalue weighted by Gasteiger charge is -2.35. The second-order valence-corrected chi connectivity index (χ2v) is 5.23. The van der Waals surface area contributed by atoms with Gasteiger partial charge in [-0.1, -0.05) is 20.8 Å². The lowest BCUT2D eigenvalue weighted by Crippen LogP contribution is -2.58. The summed E-state index contributed by atoms with van der Waals surface area (Å²) in [7, 11) is 0. The number of aromatic amines is 1. The van der Waals surface area contributed by atoms with Gasteiger partial charge >= 0.3 is 0 Å². The summed E-state index contributed by atoms with van der Waals surface area (Å²) < 4.78 is 0. The summed E-state index contributed by atoms with van der Waals surface area (Å²) >= 11 is 0. The Bertz CT molecular complexity index is 400. The smallest absolute Gasteiger partial charge is 0.293 e. The molecule has 6 heteroatoms. The number of H-pyrrole nitrogens is 1. The number of amides is 1. The van der Waals surface area contributed by atoms with Crippen LogP contribution in [0.25, 0.3) is 0 Å². The van der Waals surface area contributed by atoms with Gasteiger partial charge in [-0.3, -0.25) is 9.89 Å². The summed E-state index contributed by atoms with van der Waals surface area (Å²) in [5, 5.41) is 6.74. The number of rotatable bonds is 1. The minimum atomic E-state index is -0.145. The topological polar surface area (TPSA) is 87.9 Å². The highest BCUT2D eigenvalue weighted by atomic mass is 16.2. The van der Waals surface area contributed by atoms with Crippen molar-refractivity contribution in [3.05, 3.63) is 11.6 Å². The Morgan fingerprint density at radius 1 is 1.50 bits per heavy atom. The van der Waals surface area contributed by atoms with E-state index in [2.05, 4.69) is 15.2 Å². The lowest BCUT2D eigenvalue weighted by molar-refractivity contribution is 0.0595. The number of hydrogen-bond donors (Lipinski definition) is 2. The standard InChI is InChI=1S/C10H17N5O/c1-10(2,3)9-12-7(13-14-9)8(16)15-4-6(11)5-15/h6H,4-5,11H2,1-3H3,(H,12,13,14). The van der Waals surface area contributed by atoms with Crippen LogP contribution in [0, 0.1) is 0 Å². The average molecular weight is 223 g/mol. The second kappa shape index (κ2) is 3.55. The molecule has 3 N–H and O–H groups in total. The number of nitrogens with zero attached hydrogens (tertiary/aromatic N) is 3. The summed E-state index contributed by atoms with van der Waals surface area (Å²) in [6.07, 6.45) is 0. The first-order valence-electron chi connectivity index (χ1n) is 5.35. The lowest BCUT2D eigenvalue weighted by atomic mass is 9.96. The summed E-state index contributed by atoms with van der Waals surface area (Å²) in [6, 6.07) is 0.102. The molecule has 0 saturated carbocycles. The van der Waals surface area contributed by atoms with E-state index in [1.807, 2.05) is 20.8 Å². The van der Waals surface area contributed by atoms with Crippen LogP contribution in [0.5, 0.6) is 0 Å². The summed E-state index contributed by atoms with van der Waals surface area (Å²) in [5.41, 5.74) is 5.49. The fourth-order valence-electron chi connectivity index (χ4n) is 1.51. The molecule has 0 radical (unpaired) electrons. The van der Waals surface area contributed by atoms with Crippen LogP contribution in [-0.4, -0.2) is 45.1 Å². The summed E-state index contributed by atoms with van der Waals surface area (Å²) in [4.78, 5) is 17.7. The zero-order chi connectivity index (χ0) is 11.9. The van der Waals surface area contributed by atoms with Crippen molar-refractivity contribution in [2.45, 2.75) is 32.2 Å². The first-order valence-corrected chi connectivity index (χ1v) is 5.35. The van der Waals surface area contributed by atoms with Gasteiger partial charge in [-0.15, -0.1) is 5.10 Å². The number of aromatic nitrogens is 3. The third kappa shape index (κ3) is 1.92. The molecule has 0 aliphatic carbocycles. The Hall–Kier alpha value is -1.43. The molecule has 6 nitrogen and oxygen atoms in total. The SMILES string of the molecule is CC(C)(C)c1nc(C(=O)N2CC(N)C2)n[nH]1. The van der Waals surface area contributed by atoms with Crippen LogP contribution < -0.4 is 5.73 Å². The van der Waals surface area contributed by atoms with Gasteiger partial charge in [-0.2, -0.15) is 0 Å². The molecule has 0 unspecified atom stereocenters. The Labute approximate surface area is 94.2 Å². The van der Waals surface area contributed by atoms with E-state index < -0.39 is 0 Å². The number of carbonyl (C=O) groups excluding carboxylic acids is 1. The predicted molar refractivity (Wildman–Crippen MR) is 59.0 cm³/mol. The van der Waals surface area contributed by atoms with Crippen molar-refractivity contribution >= 4 is 5.91 Å². The third-order valence-electron chi connectivity index (χ3n) is 2.58. The molecule has 2 rings (SSSR count). The molecule has 1 aliphatic heterocycles. The van der Waals surface area contributed by atoms with Gasteiger partial charge in [0, 0.05) is 24.5 Å². The molecule has 1 aromatic rings. The van der Waals surface area contributed by atoms with Crippen molar-refractivity contribution < 1.29 is 4.79 Å². The molecule has 0 aromatic carbocycles. The zero-order valence-electron chi connectivity index (χ0n) is 9.82. The highest BCUT2D eigenvalue weighted by Gasteiger charge is 2.31. The van der Waals surface area contributed by atoms with Gasteiger partial charge in [0.2, 0.25) is 5.82 Å². The second-order valence-electron chi connectivity index (χ2n) is 5.23. The van der Waals surface area contributed by atoms with E-state index in [1.165, 1.54) is 0 Å². The number of likely N-dealkylation sites (tertiary alicyclic amines) is 1. The highest BCUT2D eigenvalue weighted by Crippen LogP contribution is 2.18. The van der Waals surface area contributed by atoms with Gasteiger partial charge in [-0.05, 0) is 0 Å². The molecule has 16 heavy (non-hydrogen) atoms. The minimum Gasteiger partial charge on any atom is -0.333 e. The molecule has 1 fully saturated rings. The molecule has 1 aromatic heterocycles. The van der Waals surface area contributed by atoms with E-state index in [9.17, 15) is 4.79 Å². The van der Waals surface area contributed by atoms with Crippen LogP contribution in [0.15, 0.2) is 0 Å². The summed E-state index contributed by atoms with van der Waals surface area (Å²) in [5.74, 6) is 0.811. The normalized spacial score (nSPS) is 17.4. The molecule has 2 heterocycles. The predicted octanol–water partition coefficient (Wildman–Crippen LogP) is -0.115. The van der Waals surface area contributed by atoms with Crippen LogP contribution in [-0.2, 0) is 5.41 Å². The van der Waals surface area contributed by atoms with Gasteiger partial charge in [0.25, 0.3) is 5.91 Å². The van der Waals surface area contributed by atoms with Crippen molar-refractivity contribution in [2.75, 3.05) is 13.1 Å². The van der Waals surface area contributed by atoms with Crippen molar-refractivity contribution in [3.63, 3.8) is 0 Å². The quantitative estimate of drug-likeness (QED) is 0.695. The number of carbonyl (C=O) groups is 1. The molecule has 88 valence electrons. The van der Waals surface area contributed by atoms with Gasteiger partial charge in [0.1, 0.15) is 5.82 Å². The Morgan fingerprint density at radius 2 is 2.12 bits per heavy atom. The van der Waals surface area contributed by atoms with Gasteiger partial charge in [-0.25, -0.2) is 4.98 Å². The molecule has 0 atom stereocenters. The van der Waals surface area contributed by atoms with Crippen LogP contribution in [0.4, 0.5) is 0 Å². The Kier molecular flexibility index (Phi) is 2.46.